The first-order chi connectivity index (χ1) is 8.57. The van der Waals surface area contributed by atoms with Crippen molar-refractivity contribution >= 4 is 0 Å². The van der Waals surface area contributed by atoms with Crippen molar-refractivity contribution in [3.05, 3.63) is 0 Å². The molecule has 4 nitrogen and oxygen atoms in total. The lowest BCUT2D eigenvalue weighted by atomic mass is 9.82. The molecule has 0 aromatic heterocycles. The highest BCUT2D eigenvalue weighted by atomic mass is 16.5. The van der Waals surface area contributed by atoms with Gasteiger partial charge in [0, 0.05) is 25.2 Å². The average Bonchev–Trinajstić information content (AvgIpc) is 2.33. The minimum atomic E-state index is 0.0862. The van der Waals surface area contributed by atoms with E-state index >= 15 is 0 Å². The molecule has 1 saturated heterocycles. The van der Waals surface area contributed by atoms with Crippen LogP contribution in [-0.4, -0.2) is 55.5 Å². The molecule has 1 rings (SSSR count). The Kier molecular flexibility index (Phi) is 6.57. The van der Waals surface area contributed by atoms with Crippen LogP contribution in [0.5, 0.6) is 0 Å². The topological polar surface area (TPSA) is 47.7 Å². The largest absolute Gasteiger partial charge is 0.380 e. The Hall–Kier alpha value is -0.160. The van der Waals surface area contributed by atoms with E-state index in [0.717, 1.165) is 39.1 Å². The third-order valence-electron chi connectivity index (χ3n) is 3.94. The first-order valence-electron chi connectivity index (χ1n) is 7.26. The second kappa shape index (κ2) is 7.43. The summed E-state index contributed by atoms with van der Waals surface area (Å²) in [6.07, 6.45) is 2.62. The maximum absolute atomic E-state index is 6.11. The maximum Gasteiger partial charge on any atom is 0.0593 e. The normalized spacial score (nSPS) is 33.0. The zero-order valence-corrected chi connectivity index (χ0v) is 12.4. The van der Waals surface area contributed by atoms with Crippen molar-refractivity contribution in [3.8, 4) is 0 Å². The Morgan fingerprint density at radius 1 is 1.28 bits per heavy atom. The van der Waals surface area contributed by atoms with Crippen LogP contribution in [0.25, 0.3) is 0 Å². The van der Waals surface area contributed by atoms with E-state index < -0.39 is 0 Å². The summed E-state index contributed by atoms with van der Waals surface area (Å²) < 4.78 is 11.3. The number of hydrogen-bond donors (Lipinski definition) is 1. The second-order valence-electron chi connectivity index (χ2n) is 5.37. The molecule has 1 aliphatic heterocycles. The number of hydrogen-bond acceptors (Lipinski definition) is 4. The van der Waals surface area contributed by atoms with Gasteiger partial charge in [0.15, 0.2) is 0 Å². The highest BCUT2D eigenvalue weighted by Crippen LogP contribution is 2.33. The van der Waals surface area contributed by atoms with Crippen molar-refractivity contribution in [2.24, 2.45) is 5.73 Å². The van der Waals surface area contributed by atoms with Crippen LogP contribution in [-0.2, 0) is 9.47 Å². The van der Waals surface area contributed by atoms with Gasteiger partial charge in [0.1, 0.15) is 0 Å². The Balaban J connectivity index is 2.69. The van der Waals surface area contributed by atoms with Crippen LogP contribution < -0.4 is 5.73 Å². The molecule has 0 aromatic carbocycles. The fourth-order valence-electron chi connectivity index (χ4n) is 3.25. The van der Waals surface area contributed by atoms with Crippen molar-refractivity contribution in [2.45, 2.75) is 58.3 Å². The zero-order valence-electron chi connectivity index (χ0n) is 12.4. The van der Waals surface area contributed by atoms with Gasteiger partial charge in [0.2, 0.25) is 0 Å². The van der Waals surface area contributed by atoms with Gasteiger partial charge < -0.3 is 15.2 Å². The van der Waals surface area contributed by atoms with Crippen molar-refractivity contribution < 1.29 is 9.47 Å². The Bertz CT molecular complexity index is 226. The van der Waals surface area contributed by atoms with Crippen molar-refractivity contribution in [2.75, 3.05) is 32.8 Å². The van der Waals surface area contributed by atoms with Crippen LogP contribution in [0.15, 0.2) is 0 Å². The van der Waals surface area contributed by atoms with E-state index in [-0.39, 0.29) is 5.54 Å². The summed E-state index contributed by atoms with van der Waals surface area (Å²) in [6.45, 7) is 12.8. The lowest BCUT2D eigenvalue weighted by Gasteiger charge is -2.49. The average molecular weight is 258 g/mol. The van der Waals surface area contributed by atoms with Crippen LogP contribution in [0, 0.1) is 0 Å². The molecule has 1 heterocycles. The molecule has 0 bridgehead atoms. The molecule has 18 heavy (non-hydrogen) atoms. The highest BCUT2D eigenvalue weighted by molar-refractivity contribution is 4.97. The van der Waals surface area contributed by atoms with Gasteiger partial charge in [-0.25, -0.2) is 0 Å². The molecule has 4 heteroatoms. The summed E-state index contributed by atoms with van der Waals surface area (Å²) in [4.78, 5) is 2.48. The molecule has 1 aliphatic rings. The summed E-state index contributed by atoms with van der Waals surface area (Å²) in [5, 5.41) is 0. The number of likely N-dealkylation sites (N-methyl/N-ethyl adjacent to an activating group) is 1. The molecule has 0 spiro atoms. The minimum absolute atomic E-state index is 0.0862. The Morgan fingerprint density at radius 2 is 1.89 bits per heavy atom. The van der Waals surface area contributed by atoms with Crippen molar-refractivity contribution in [1.29, 1.82) is 0 Å². The highest BCUT2D eigenvalue weighted by Gasteiger charge is 2.41. The summed E-state index contributed by atoms with van der Waals surface area (Å²) in [5.74, 6) is 0. The first-order valence-corrected chi connectivity index (χ1v) is 7.26. The SMILES string of the molecule is CCOCCN(CC)C1(CN)CC(C)OC(C)C1. The standard InChI is InChI=1S/C14H30N2O2/c1-5-16(7-8-17-6-2)14(11-15)9-12(3)18-13(4)10-14/h12-13H,5-11,15H2,1-4H3. The predicted octanol–water partition coefficient (Wildman–Crippen LogP) is 1.63. The summed E-state index contributed by atoms with van der Waals surface area (Å²) in [7, 11) is 0. The van der Waals surface area contributed by atoms with Gasteiger partial charge in [-0.1, -0.05) is 6.92 Å². The quantitative estimate of drug-likeness (QED) is 0.705. The molecule has 108 valence electrons. The molecule has 0 aliphatic carbocycles. The first kappa shape index (κ1) is 15.9. The van der Waals surface area contributed by atoms with E-state index in [1.165, 1.54) is 0 Å². The van der Waals surface area contributed by atoms with Gasteiger partial charge in [-0.3, -0.25) is 4.90 Å². The Labute approximate surface area is 112 Å². The van der Waals surface area contributed by atoms with Crippen LogP contribution >= 0.6 is 0 Å². The van der Waals surface area contributed by atoms with Crippen molar-refractivity contribution in [3.63, 3.8) is 0 Å². The molecule has 2 unspecified atom stereocenters. The number of ether oxygens (including phenoxy) is 2. The molecular weight excluding hydrogens is 228 g/mol. The van der Waals surface area contributed by atoms with Crippen LogP contribution in [0.1, 0.15) is 40.5 Å². The molecule has 0 aromatic rings. The van der Waals surface area contributed by atoms with Crippen LogP contribution in [0.3, 0.4) is 0 Å². The Morgan fingerprint density at radius 3 is 2.33 bits per heavy atom. The van der Waals surface area contributed by atoms with E-state index in [1.54, 1.807) is 0 Å². The molecule has 1 fully saturated rings. The molecule has 0 amide bonds. The molecule has 2 N–H and O–H groups in total. The van der Waals surface area contributed by atoms with Crippen molar-refractivity contribution in [1.82, 2.24) is 4.90 Å². The monoisotopic (exact) mass is 258 g/mol. The molecule has 0 saturated carbocycles. The van der Waals surface area contributed by atoms with E-state index in [9.17, 15) is 0 Å². The van der Waals surface area contributed by atoms with Gasteiger partial charge >= 0.3 is 0 Å². The third kappa shape index (κ3) is 3.92. The summed E-state index contributed by atoms with van der Waals surface area (Å²) >= 11 is 0. The van der Waals surface area contributed by atoms with E-state index in [2.05, 4.69) is 25.7 Å². The number of nitrogens with two attached hydrogens (primary N) is 1. The fourth-order valence-corrected chi connectivity index (χ4v) is 3.25. The van der Waals surface area contributed by atoms with Gasteiger partial charge in [0.25, 0.3) is 0 Å². The van der Waals surface area contributed by atoms with Gasteiger partial charge in [-0.05, 0) is 40.2 Å². The lowest BCUT2D eigenvalue weighted by Crippen LogP contribution is -2.60. The van der Waals surface area contributed by atoms with Gasteiger partial charge in [-0.15, -0.1) is 0 Å². The third-order valence-corrected chi connectivity index (χ3v) is 3.94. The second-order valence-corrected chi connectivity index (χ2v) is 5.37. The smallest absolute Gasteiger partial charge is 0.0593 e. The minimum Gasteiger partial charge on any atom is -0.380 e. The zero-order chi connectivity index (χ0) is 13.6. The van der Waals surface area contributed by atoms with E-state index in [4.69, 9.17) is 15.2 Å². The fraction of sp³-hybridized carbons (Fsp3) is 1.00. The molecule has 0 radical (unpaired) electrons. The van der Waals surface area contributed by atoms with Gasteiger partial charge in [0.05, 0.1) is 18.8 Å². The molecular formula is C14H30N2O2. The van der Waals surface area contributed by atoms with Crippen LogP contribution in [0.4, 0.5) is 0 Å². The number of nitrogens with zero attached hydrogens (tertiary/aromatic N) is 1. The summed E-state index contributed by atoms with van der Waals surface area (Å²) in [5.41, 5.74) is 6.19. The predicted molar refractivity (Wildman–Crippen MR) is 74.8 cm³/mol. The molecule has 2 atom stereocenters. The van der Waals surface area contributed by atoms with Crippen LogP contribution in [0.2, 0.25) is 0 Å². The van der Waals surface area contributed by atoms with Gasteiger partial charge in [-0.2, -0.15) is 0 Å². The number of rotatable bonds is 7. The maximum atomic E-state index is 6.11. The lowest BCUT2D eigenvalue weighted by molar-refractivity contribution is -0.105. The van der Waals surface area contributed by atoms with E-state index in [1.807, 2.05) is 6.92 Å². The van der Waals surface area contributed by atoms with E-state index in [0.29, 0.717) is 18.8 Å². The summed E-state index contributed by atoms with van der Waals surface area (Å²) in [6, 6.07) is 0.